The first kappa shape index (κ1) is 15.0. The van der Waals surface area contributed by atoms with Gasteiger partial charge in [0.25, 0.3) is 0 Å². The van der Waals surface area contributed by atoms with Crippen molar-refractivity contribution < 1.29 is 0 Å². The van der Waals surface area contributed by atoms with E-state index in [2.05, 4.69) is 28.8 Å². The maximum absolute atomic E-state index is 6.73. The summed E-state index contributed by atoms with van der Waals surface area (Å²) in [5.41, 5.74) is 6.94. The molecule has 5 heteroatoms. The average Bonchev–Trinajstić information content (AvgIpc) is 3.20. The summed E-state index contributed by atoms with van der Waals surface area (Å²) in [4.78, 5) is 7.14. The summed E-state index contributed by atoms with van der Waals surface area (Å²) in [7, 11) is 0. The molecule has 1 aromatic heterocycles. The van der Waals surface area contributed by atoms with Gasteiger partial charge < -0.3 is 5.73 Å². The zero-order valence-corrected chi connectivity index (χ0v) is 13.5. The zero-order chi connectivity index (χ0) is 14.9. The smallest absolute Gasteiger partial charge is 0.138 e. The maximum atomic E-state index is 6.73. The van der Waals surface area contributed by atoms with Crippen molar-refractivity contribution in [3.63, 3.8) is 0 Å². The molecule has 5 nitrogen and oxygen atoms in total. The molecule has 1 unspecified atom stereocenters. The lowest BCUT2D eigenvalue weighted by atomic mass is 9.84. The van der Waals surface area contributed by atoms with Crippen LogP contribution in [0.3, 0.4) is 0 Å². The summed E-state index contributed by atoms with van der Waals surface area (Å²) in [6, 6.07) is 0.515. The molecule has 118 valence electrons. The van der Waals surface area contributed by atoms with Crippen LogP contribution < -0.4 is 5.73 Å². The fourth-order valence-electron chi connectivity index (χ4n) is 4.31. The molecule has 0 spiro atoms. The lowest BCUT2D eigenvalue weighted by molar-refractivity contribution is 0.0908. The molecule has 2 aliphatic rings. The number of rotatable bonds is 5. The van der Waals surface area contributed by atoms with Crippen molar-refractivity contribution in [1.29, 1.82) is 0 Å². The van der Waals surface area contributed by atoms with Crippen LogP contribution in [0.2, 0.25) is 0 Å². The van der Waals surface area contributed by atoms with Gasteiger partial charge in [-0.25, -0.2) is 9.67 Å². The molecule has 1 aliphatic carbocycles. The van der Waals surface area contributed by atoms with Gasteiger partial charge in [0.05, 0.1) is 0 Å². The lowest BCUT2D eigenvalue weighted by Crippen LogP contribution is -2.58. The van der Waals surface area contributed by atoms with Gasteiger partial charge in [0.15, 0.2) is 0 Å². The molecule has 1 aliphatic heterocycles. The van der Waals surface area contributed by atoms with Crippen molar-refractivity contribution in [2.75, 3.05) is 13.1 Å². The van der Waals surface area contributed by atoms with E-state index < -0.39 is 0 Å². The Balaban J connectivity index is 1.78. The van der Waals surface area contributed by atoms with Gasteiger partial charge in [0.2, 0.25) is 0 Å². The van der Waals surface area contributed by atoms with Gasteiger partial charge in [-0.15, -0.1) is 0 Å². The Bertz CT molecular complexity index is 455. The van der Waals surface area contributed by atoms with Gasteiger partial charge in [-0.05, 0) is 52.6 Å². The van der Waals surface area contributed by atoms with Crippen LogP contribution in [0.5, 0.6) is 0 Å². The normalized spacial score (nSPS) is 24.0. The second-order valence-corrected chi connectivity index (χ2v) is 7.03. The second-order valence-electron chi connectivity index (χ2n) is 7.03. The molecule has 2 N–H and O–H groups in total. The first-order valence-corrected chi connectivity index (χ1v) is 8.52. The topological polar surface area (TPSA) is 60.0 Å². The SMILES string of the molecule is CC(C)n1ncnc1CC(N)C1(N2CCCC2)CCCC1. The number of aromatic nitrogens is 3. The van der Waals surface area contributed by atoms with E-state index in [4.69, 9.17) is 5.73 Å². The lowest BCUT2D eigenvalue weighted by Gasteiger charge is -2.43. The number of likely N-dealkylation sites (tertiary alicyclic amines) is 1. The van der Waals surface area contributed by atoms with Crippen LogP contribution in [0.1, 0.15) is 64.2 Å². The van der Waals surface area contributed by atoms with Gasteiger partial charge >= 0.3 is 0 Å². The summed E-state index contributed by atoms with van der Waals surface area (Å²) in [6.07, 6.45) is 10.3. The maximum Gasteiger partial charge on any atom is 0.138 e. The van der Waals surface area contributed by atoms with Gasteiger partial charge in [-0.3, -0.25) is 4.90 Å². The molecule has 0 aromatic carbocycles. The van der Waals surface area contributed by atoms with Gasteiger partial charge in [-0.2, -0.15) is 5.10 Å². The summed E-state index contributed by atoms with van der Waals surface area (Å²) in [5.74, 6) is 1.04. The van der Waals surface area contributed by atoms with Crippen LogP contribution in [-0.4, -0.2) is 44.3 Å². The van der Waals surface area contributed by atoms with E-state index in [1.54, 1.807) is 6.33 Å². The third kappa shape index (κ3) is 2.73. The Morgan fingerprint density at radius 3 is 2.48 bits per heavy atom. The van der Waals surface area contributed by atoms with E-state index in [1.165, 1.54) is 51.6 Å². The molecule has 2 heterocycles. The molecule has 1 saturated heterocycles. The number of hydrogen-bond acceptors (Lipinski definition) is 4. The Labute approximate surface area is 127 Å². The molecular weight excluding hydrogens is 262 g/mol. The van der Waals surface area contributed by atoms with Crippen molar-refractivity contribution in [3.8, 4) is 0 Å². The van der Waals surface area contributed by atoms with E-state index >= 15 is 0 Å². The molecular formula is C16H29N5. The Morgan fingerprint density at radius 1 is 1.19 bits per heavy atom. The molecule has 1 aromatic rings. The highest BCUT2D eigenvalue weighted by atomic mass is 15.3. The van der Waals surface area contributed by atoms with Crippen LogP contribution in [0, 0.1) is 0 Å². The molecule has 1 saturated carbocycles. The van der Waals surface area contributed by atoms with Crippen molar-refractivity contribution in [2.24, 2.45) is 5.73 Å². The predicted octanol–water partition coefficient (Wildman–Crippen LogP) is 2.14. The average molecular weight is 291 g/mol. The fourth-order valence-corrected chi connectivity index (χ4v) is 4.31. The standard InChI is InChI=1S/C16H29N5/c1-13(2)21-15(18-12-19-21)11-14(17)16(7-3-4-8-16)20-9-5-6-10-20/h12-14H,3-11,17H2,1-2H3. The van der Waals surface area contributed by atoms with Crippen LogP contribution in [-0.2, 0) is 6.42 Å². The van der Waals surface area contributed by atoms with Gasteiger partial charge in [-0.1, -0.05) is 12.8 Å². The monoisotopic (exact) mass is 291 g/mol. The number of nitrogens with two attached hydrogens (primary N) is 1. The van der Waals surface area contributed by atoms with E-state index in [-0.39, 0.29) is 11.6 Å². The van der Waals surface area contributed by atoms with Gasteiger partial charge in [0, 0.05) is 24.0 Å². The van der Waals surface area contributed by atoms with E-state index in [0.29, 0.717) is 6.04 Å². The minimum absolute atomic E-state index is 0.166. The summed E-state index contributed by atoms with van der Waals surface area (Å²) in [5, 5.41) is 4.35. The van der Waals surface area contributed by atoms with E-state index in [1.807, 2.05) is 4.68 Å². The summed E-state index contributed by atoms with van der Waals surface area (Å²) >= 11 is 0. The Kier molecular flexibility index (Phi) is 4.31. The summed E-state index contributed by atoms with van der Waals surface area (Å²) in [6.45, 7) is 6.75. The molecule has 3 rings (SSSR count). The predicted molar refractivity (Wildman–Crippen MR) is 84.1 cm³/mol. The van der Waals surface area contributed by atoms with Crippen molar-refractivity contribution in [1.82, 2.24) is 19.7 Å². The summed E-state index contributed by atoms with van der Waals surface area (Å²) < 4.78 is 2.02. The number of hydrogen-bond donors (Lipinski definition) is 1. The highest BCUT2D eigenvalue weighted by molar-refractivity contribution is 5.07. The van der Waals surface area contributed by atoms with Crippen molar-refractivity contribution in [3.05, 3.63) is 12.2 Å². The third-order valence-electron chi connectivity index (χ3n) is 5.43. The van der Waals surface area contributed by atoms with Gasteiger partial charge in [0.1, 0.15) is 12.2 Å². The van der Waals surface area contributed by atoms with Crippen LogP contribution in [0.4, 0.5) is 0 Å². The molecule has 1 atom stereocenters. The zero-order valence-electron chi connectivity index (χ0n) is 13.5. The van der Waals surface area contributed by atoms with Crippen LogP contribution >= 0.6 is 0 Å². The van der Waals surface area contributed by atoms with E-state index in [9.17, 15) is 0 Å². The van der Waals surface area contributed by atoms with Crippen molar-refractivity contribution in [2.45, 2.75) is 76.4 Å². The highest BCUT2D eigenvalue weighted by Gasteiger charge is 2.45. The molecule has 2 fully saturated rings. The van der Waals surface area contributed by atoms with Crippen LogP contribution in [0.15, 0.2) is 6.33 Å². The molecule has 0 amide bonds. The fraction of sp³-hybridized carbons (Fsp3) is 0.875. The molecule has 0 radical (unpaired) electrons. The quantitative estimate of drug-likeness (QED) is 0.903. The minimum atomic E-state index is 0.166. The largest absolute Gasteiger partial charge is 0.326 e. The Hall–Kier alpha value is -0.940. The minimum Gasteiger partial charge on any atom is -0.326 e. The third-order valence-corrected chi connectivity index (χ3v) is 5.43. The van der Waals surface area contributed by atoms with Crippen molar-refractivity contribution >= 4 is 0 Å². The molecule has 0 bridgehead atoms. The highest BCUT2D eigenvalue weighted by Crippen LogP contribution is 2.40. The first-order chi connectivity index (χ1) is 10.1. The Morgan fingerprint density at radius 2 is 1.86 bits per heavy atom. The first-order valence-electron chi connectivity index (χ1n) is 8.52. The second kappa shape index (κ2) is 6.05. The van der Waals surface area contributed by atoms with E-state index in [0.717, 1.165) is 12.2 Å². The van der Waals surface area contributed by atoms with Crippen LogP contribution in [0.25, 0.3) is 0 Å². The number of nitrogens with zero attached hydrogens (tertiary/aromatic N) is 4. The molecule has 21 heavy (non-hydrogen) atoms.